The van der Waals surface area contributed by atoms with Gasteiger partial charge in [-0.05, 0) is 74.8 Å². The summed E-state index contributed by atoms with van der Waals surface area (Å²) >= 11 is 1.75. The molecule has 10 aromatic carbocycles. The molecule has 1 aliphatic carbocycles. The lowest BCUT2D eigenvalue weighted by Gasteiger charge is -2.23. The van der Waals surface area contributed by atoms with E-state index < -0.39 is 0 Å². The normalized spacial score (nSPS) is 13.6. The van der Waals surface area contributed by atoms with Gasteiger partial charge in [0.25, 0.3) is 0 Å². The van der Waals surface area contributed by atoms with Gasteiger partial charge in [0.1, 0.15) is 0 Å². The third-order valence-corrected chi connectivity index (χ3v) is 16.7. The molecule has 350 valence electrons. The standard InChI is InChI=1S/C68H42N6S/c1-4-20-44(21-5-1)59-40-56-66(75-59)63(46-24-8-3-9-25-46)72-68(70-56)73-57-37-34-47(39-54(57)52-35-31-43-19-12-15-28-50(43)64(52)73)51-29-16-30-53-60-48-26-13-10-18-42(48)33-38-58(60)74(65(51)53)67-69-55-36-32-41-17-11-14-27-49(41)61(55)62(71-67)45-22-6-2-7-23-45/h1-28,30-40,51H,29H2. The van der Waals surface area contributed by atoms with Crippen LogP contribution in [0.5, 0.6) is 0 Å². The maximum atomic E-state index is 5.67. The van der Waals surface area contributed by atoms with Gasteiger partial charge in [-0.15, -0.1) is 11.3 Å². The average molecular weight is 975 g/mol. The van der Waals surface area contributed by atoms with Crippen LogP contribution in [-0.2, 0) is 0 Å². The van der Waals surface area contributed by atoms with E-state index in [0.29, 0.717) is 11.9 Å². The molecule has 0 saturated carbocycles. The second-order valence-corrected chi connectivity index (χ2v) is 20.7. The Morgan fingerprint density at radius 2 is 0.987 bits per heavy atom. The fourth-order valence-electron chi connectivity index (χ4n) is 12.1. The predicted octanol–water partition coefficient (Wildman–Crippen LogP) is 17.7. The fraction of sp³-hybridized carbons (Fsp3) is 0.0294. The maximum absolute atomic E-state index is 5.67. The zero-order chi connectivity index (χ0) is 49.1. The van der Waals surface area contributed by atoms with E-state index >= 15 is 0 Å². The Labute approximate surface area is 434 Å². The molecule has 1 unspecified atom stereocenters. The fourth-order valence-corrected chi connectivity index (χ4v) is 13.2. The first-order chi connectivity index (χ1) is 37.2. The van der Waals surface area contributed by atoms with Gasteiger partial charge < -0.3 is 0 Å². The van der Waals surface area contributed by atoms with Crippen LogP contribution < -0.4 is 0 Å². The van der Waals surface area contributed by atoms with E-state index in [9.17, 15) is 0 Å². The van der Waals surface area contributed by atoms with Gasteiger partial charge in [-0.2, -0.15) is 0 Å². The smallest absolute Gasteiger partial charge is 0.235 e. The number of hydrogen-bond donors (Lipinski definition) is 0. The van der Waals surface area contributed by atoms with E-state index in [1.807, 2.05) is 0 Å². The quantitative estimate of drug-likeness (QED) is 0.156. The second kappa shape index (κ2) is 16.5. The zero-order valence-corrected chi connectivity index (χ0v) is 41.2. The highest BCUT2D eigenvalue weighted by molar-refractivity contribution is 7.22. The van der Waals surface area contributed by atoms with Crippen LogP contribution >= 0.6 is 11.3 Å². The van der Waals surface area contributed by atoms with E-state index in [0.717, 1.165) is 104 Å². The molecule has 0 spiro atoms. The van der Waals surface area contributed by atoms with E-state index in [1.54, 1.807) is 11.3 Å². The Kier molecular flexibility index (Phi) is 9.23. The summed E-state index contributed by atoms with van der Waals surface area (Å²) < 4.78 is 5.77. The Bertz CT molecular complexity index is 4860. The molecule has 16 rings (SSSR count). The van der Waals surface area contributed by atoms with Gasteiger partial charge in [-0.3, -0.25) is 9.13 Å². The number of hydrogen-bond acceptors (Lipinski definition) is 5. The first-order valence-corrected chi connectivity index (χ1v) is 26.4. The van der Waals surface area contributed by atoms with E-state index in [2.05, 4.69) is 246 Å². The van der Waals surface area contributed by atoms with Crippen LogP contribution in [0.15, 0.2) is 231 Å². The molecule has 0 fully saturated rings. The maximum Gasteiger partial charge on any atom is 0.235 e. The molecule has 1 aliphatic rings. The summed E-state index contributed by atoms with van der Waals surface area (Å²) in [5.41, 5.74) is 13.8. The molecular formula is C68H42N6S. The SMILES string of the molecule is C1=Cc2c(n(-c3nc(-c4ccccc4)c4c(ccc5ccccc54)n3)c3ccc4ccccc4c23)C(c2ccc3c(c2)c2ccc4ccccc4c2n3-c2nc(-c3ccccc3)c3sc(-c4ccccc4)cc3n2)C1. The van der Waals surface area contributed by atoms with E-state index in [1.165, 1.54) is 38.5 Å². The summed E-state index contributed by atoms with van der Waals surface area (Å²) in [5, 5.41) is 11.6. The molecule has 0 radical (unpaired) electrons. The number of nitrogens with zero attached hydrogens (tertiary/aromatic N) is 6. The molecule has 0 bridgehead atoms. The largest absolute Gasteiger partial charge is 0.281 e. The lowest BCUT2D eigenvalue weighted by Crippen LogP contribution is -2.13. The van der Waals surface area contributed by atoms with Crippen molar-refractivity contribution in [1.82, 2.24) is 29.1 Å². The molecule has 15 aromatic rings. The first-order valence-electron chi connectivity index (χ1n) is 25.6. The molecule has 0 saturated heterocycles. The summed E-state index contributed by atoms with van der Waals surface area (Å²) in [7, 11) is 0. The molecule has 0 aliphatic heterocycles. The van der Waals surface area contributed by atoms with Crippen molar-refractivity contribution in [1.29, 1.82) is 0 Å². The van der Waals surface area contributed by atoms with Gasteiger partial charge in [-0.1, -0.05) is 206 Å². The number of fused-ring (bicyclic) bond motifs is 14. The molecule has 6 nitrogen and oxygen atoms in total. The van der Waals surface area contributed by atoms with Crippen LogP contribution in [-0.4, -0.2) is 29.1 Å². The Balaban J connectivity index is 0.955. The van der Waals surface area contributed by atoms with Crippen LogP contribution in [0.4, 0.5) is 0 Å². The minimum Gasteiger partial charge on any atom is -0.281 e. The van der Waals surface area contributed by atoms with Crippen molar-refractivity contribution in [2.75, 3.05) is 0 Å². The number of benzene rings is 10. The third-order valence-electron chi connectivity index (χ3n) is 15.5. The monoisotopic (exact) mass is 974 g/mol. The lowest BCUT2D eigenvalue weighted by molar-refractivity contribution is 0.751. The van der Waals surface area contributed by atoms with E-state index in [4.69, 9.17) is 19.9 Å². The Morgan fingerprint density at radius 3 is 1.73 bits per heavy atom. The topological polar surface area (TPSA) is 61.4 Å². The van der Waals surface area contributed by atoms with Crippen molar-refractivity contribution in [3.63, 3.8) is 0 Å². The van der Waals surface area contributed by atoms with Crippen LogP contribution in [0.25, 0.3) is 137 Å². The summed E-state index contributed by atoms with van der Waals surface area (Å²) in [6.07, 6.45) is 5.51. The molecule has 75 heavy (non-hydrogen) atoms. The highest BCUT2D eigenvalue weighted by atomic mass is 32.1. The van der Waals surface area contributed by atoms with E-state index in [-0.39, 0.29) is 5.92 Å². The summed E-state index contributed by atoms with van der Waals surface area (Å²) in [4.78, 5) is 23.5. The van der Waals surface area contributed by atoms with Crippen molar-refractivity contribution in [3.05, 3.63) is 247 Å². The average Bonchev–Trinajstić information content (AvgIpc) is 4.20. The van der Waals surface area contributed by atoms with Gasteiger partial charge in [0.15, 0.2) is 0 Å². The summed E-state index contributed by atoms with van der Waals surface area (Å²) in [6, 6.07) is 80.5. The van der Waals surface area contributed by atoms with Crippen LogP contribution in [0, 0.1) is 0 Å². The summed E-state index contributed by atoms with van der Waals surface area (Å²) in [5.74, 6) is 1.27. The predicted molar refractivity (Wildman–Crippen MR) is 312 cm³/mol. The van der Waals surface area contributed by atoms with Crippen molar-refractivity contribution in [3.8, 4) is 44.9 Å². The van der Waals surface area contributed by atoms with Crippen molar-refractivity contribution in [2.45, 2.75) is 12.3 Å². The first kappa shape index (κ1) is 42.0. The minimum absolute atomic E-state index is 0.0324. The molecule has 5 heterocycles. The third kappa shape index (κ3) is 6.44. The van der Waals surface area contributed by atoms with Gasteiger partial charge in [0.05, 0.1) is 43.7 Å². The van der Waals surface area contributed by atoms with Gasteiger partial charge >= 0.3 is 0 Å². The zero-order valence-electron chi connectivity index (χ0n) is 40.4. The van der Waals surface area contributed by atoms with Crippen molar-refractivity contribution >= 4 is 104 Å². The lowest BCUT2D eigenvalue weighted by atomic mass is 9.85. The molecule has 1 atom stereocenters. The number of aromatic nitrogens is 6. The molecule has 5 aromatic heterocycles. The Hall–Kier alpha value is -9.56. The van der Waals surface area contributed by atoms with Crippen LogP contribution in [0.3, 0.4) is 0 Å². The molecule has 0 amide bonds. The number of allylic oxidation sites excluding steroid dienone is 1. The number of rotatable bonds is 6. The van der Waals surface area contributed by atoms with Gasteiger partial charge in [0, 0.05) is 60.1 Å². The van der Waals surface area contributed by atoms with Gasteiger partial charge in [-0.25, -0.2) is 19.9 Å². The van der Waals surface area contributed by atoms with Crippen LogP contribution in [0.1, 0.15) is 29.2 Å². The highest BCUT2D eigenvalue weighted by Crippen LogP contribution is 2.47. The highest BCUT2D eigenvalue weighted by Gasteiger charge is 2.31. The molecular weight excluding hydrogens is 933 g/mol. The Morgan fingerprint density at radius 1 is 0.413 bits per heavy atom. The van der Waals surface area contributed by atoms with Crippen molar-refractivity contribution < 1.29 is 0 Å². The molecule has 7 heteroatoms. The minimum atomic E-state index is -0.0324. The van der Waals surface area contributed by atoms with Crippen LogP contribution in [0.2, 0.25) is 0 Å². The number of thiophene rings is 1. The second-order valence-electron chi connectivity index (χ2n) is 19.6. The molecule has 0 N–H and O–H groups in total. The van der Waals surface area contributed by atoms with Crippen molar-refractivity contribution in [2.24, 2.45) is 0 Å². The van der Waals surface area contributed by atoms with Gasteiger partial charge in [0.2, 0.25) is 11.9 Å². The summed E-state index contributed by atoms with van der Waals surface area (Å²) in [6.45, 7) is 0.